The molecule has 2 heterocycles. The van der Waals surface area contributed by atoms with Gasteiger partial charge in [0.1, 0.15) is 5.58 Å². The molecular formula is C62H39NOS. The van der Waals surface area contributed by atoms with Gasteiger partial charge in [0.15, 0.2) is 5.58 Å². The molecule has 65 heavy (non-hydrogen) atoms. The summed E-state index contributed by atoms with van der Waals surface area (Å²) in [6.07, 6.45) is 0. The number of benzene rings is 11. The second-order valence-corrected chi connectivity index (χ2v) is 17.9. The number of thiophene rings is 1. The van der Waals surface area contributed by atoms with E-state index >= 15 is 0 Å². The third-order valence-corrected chi connectivity index (χ3v) is 14.2. The minimum absolute atomic E-state index is 0.851. The monoisotopic (exact) mass is 845 g/mol. The Morgan fingerprint density at radius 3 is 1.58 bits per heavy atom. The summed E-state index contributed by atoms with van der Waals surface area (Å²) >= 11 is 1.86. The molecular weight excluding hydrogens is 807 g/mol. The highest BCUT2D eigenvalue weighted by Crippen LogP contribution is 2.46. The molecule has 11 aromatic carbocycles. The largest absolute Gasteiger partial charge is 0.453 e. The number of hydrogen-bond acceptors (Lipinski definition) is 3. The van der Waals surface area contributed by atoms with Crippen LogP contribution < -0.4 is 4.90 Å². The molecule has 304 valence electrons. The first-order valence-electron chi connectivity index (χ1n) is 22.2. The molecule has 0 saturated heterocycles. The number of rotatable bonds is 7. The van der Waals surface area contributed by atoms with Crippen LogP contribution in [0.2, 0.25) is 0 Å². The van der Waals surface area contributed by atoms with Crippen molar-refractivity contribution in [3.8, 4) is 44.5 Å². The van der Waals surface area contributed by atoms with E-state index < -0.39 is 0 Å². The molecule has 0 unspecified atom stereocenters. The van der Waals surface area contributed by atoms with E-state index in [1.54, 1.807) is 0 Å². The van der Waals surface area contributed by atoms with Gasteiger partial charge in [0.05, 0.1) is 5.69 Å². The molecule has 3 heteroatoms. The highest BCUT2D eigenvalue weighted by atomic mass is 32.1. The number of anilines is 3. The van der Waals surface area contributed by atoms with Crippen molar-refractivity contribution < 1.29 is 4.42 Å². The molecule has 0 N–H and O–H groups in total. The third kappa shape index (κ3) is 6.24. The standard InChI is InChI=1S/C62H39NOS/c1-2-13-42(14-3-1)50-21-10-22-53-54-23-11-24-57(62(54)64-61(50)53)63(47-37-33-44(34-38-47)56-39-45-15-4-5-16-48(45)51-17-6-7-18-52(51)56)46-35-31-41(32-36-46)40-27-29-43(30-28-40)49-20-12-26-59-60(49)55-19-8-9-25-58(55)65-59/h1-39H. The molecule has 13 rings (SSSR count). The summed E-state index contributed by atoms with van der Waals surface area (Å²) in [4.78, 5) is 2.34. The van der Waals surface area contributed by atoms with Crippen molar-refractivity contribution in [3.05, 3.63) is 237 Å². The summed E-state index contributed by atoms with van der Waals surface area (Å²) in [5.41, 5.74) is 14.2. The van der Waals surface area contributed by atoms with E-state index in [1.165, 1.54) is 69.5 Å². The van der Waals surface area contributed by atoms with Gasteiger partial charge in [0.2, 0.25) is 0 Å². The van der Waals surface area contributed by atoms with E-state index in [0.29, 0.717) is 0 Å². The lowest BCUT2D eigenvalue weighted by molar-refractivity contribution is 0.670. The second-order valence-electron chi connectivity index (χ2n) is 16.8. The van der Waals surface area contributed by atoms with E-state index in [1.807, 2.05) is 11.3 Å². The first-order chi connectivity index (χ1) is 32.2. The van der Waals surface area contributed by atoms with Crippen molar-refractivity contribution in [1.29, 1.82) is 0 Å². The van der Waals surface area contributed by atoms with Gasteiger partial charge in [-0.15, -0.1) is 11.3 Å². The van der Waals surface area contributed by atoms with E-state index in [4.69, 9.17) is 4.42 Å². The summed E-state index contributed by atoms with van der Waals surface area (Å²) in [6.45, 7) is 0. The summed E-state index contributed by atoms with van der Waals surface area (Å²) in [5, 5.41) is 9.86. The Morgan fingerprint density at radius 1 is 0.308 bits per heavy atom. The molecule has 0 atom stereocenters. The van der Waals surface area contributed by atoms with Crippen molar-refractivity contribution >= 4 is 92.1 Å². The molecule has 0 saturated carbocycles. The molecule has 0 fully saturated rings. The second kappa shape index (κ2) is 15.2. The van der Waals surface area contributed by atoms with Crippen LogP contribution in [0.15, 0.2) is 241 Å². The van der Waals surface area contributed by atoms with Crippen molar-refractivity contribution in [3.63, 3.8) is 0 Å². The zero-order valence-corrected chi connectivity index (χ0v) is 36.1. The van der Waals surface area contributed by atoms with Gasteiger partial charge in [-0.3, -0.25) is 0 Å². The Balaban J connectivity index is 0.923. The molecule has 0 radical (unpaired) electrons. The van der Waals surface area contributed by atoms with Crippen LogP contribution in [-0.2, 0) is 0 Å². The first kappa shape index (κ1) is 37.3. The Labute approximate surface area is 380 Å². The fourth-order valence-corrected chi connectivity index (χ4v) is 11.1. The van der Waals surface area contributed by atoms with Gasteiger partial charge in [-0.25, -0.2) is 0 Å². The number of hydrogen-bond donors (Lipinski definition) is 0. The average molecular weight is 846 g/mol. The van der Waals surface area contributed by atoms with Gasteiger partial charge in [-0.2, -0.15) is 0 Å². The van der Waals surface area contributed by atoms with Gasteiger partial charge in [-0.1, -0.05) is 188 Å². The maximum Gasteiger partial charge on any atom is 0.159 e. The number of nitrogens with zero attached hydrogens (tertiary/aromatic N) is 1. The number of para-hydroxylation sites is 2. The summed E-state index contributed by atoms with van der Waals surface area (Å²) in [6, 6.07) is 85.7. The highest BCUT2D eigenvalue weighted by molar-refractivity contribution is 7.25. The van der Waals surface area contributed by atoms with E-state index in [-0.39, 0.29) is 0 Å². The lowest BCUT2D eigenvalue weighted by atomic mass is 9.93. The van der Waals surface area contributed by atoms with Crippen LogP contribution >= 0.6 is 11.3 Å². The molecule has 2 nitrogen and oxygen atoms in total. The fourth-order valence-electron chi connectivity index (χ4n) is 10.00. The Kier molecular flexibility index (Phi) is 8.75. The Hall–Kier alpha value is -8.24. The summed E-state index contributed by atoms with van der Waals surface area (Å²) in [7, 11) is 0. The lowest BCUT2D eigenvalue weighted by Gasteiger charge is -2.26. The van der Waals surface area contributed by atoms with Crippen molar-refractivity contribution in [2.45, 2.75) is 0 Å². The van der Waals surface area contributed by atoms with Crippen molar-refractivity contribution in [1.82, 2.24) is 0 Å². The molecule has 0 amide bonds. The quantitative estimate of drug-likeness (QED) is 0.149. The van der Waals surface area contributed by atoms with Gasteiger partial charge in [0.25, 0.3) is 0 Å². The molecule has 2 aromatic heterocycles. The van der Waals surface area contributed by atoms with Crippen molar-refractivity contribution in [2.75, 3.05) is 4.90 Å². The van der Waals surface area contributed by atoms with Crippen LogP contribution in [0.4, 0.5) is 17.1 Å². The summed E-state index contributed by atoms with van der Waals surface area (Å²) in [5.74, 6) is 0. The van der Waals surface area contributed by atoms with Crippen LogP contribution in [0, 0.1) is 0 Å². The zero-order chi connectivity index (χ0) is 42.8. The smallest absolute Gasteiger partial charge is 0.159 e. The van der Waals surface area contributed by atoms with Gasteiger partial charge >= 0.3 is 0 Å². The molecule has 0 aliphatic rings. The minimum atomic E-state index is 0.851. The minimum Gasteiger partial charge on any atom is -0.453 e. The first-order valence-corrected chi connectivity index (χ1v) is 23.0. The fraction of sp³-hybridized carbons (Fsp3) is 0. The lowest BCUT2D eigenvalue weighted by Crippen LogP contribution is -2.10. The van der Waals surface area contributed by atoms with Crippen LogP contribution in [-0.4, -0.2) is 0 Å². The van der Waals surface area contributed by atoms with Gasteiger partial charge < -0.3 is 9.32 Å². The van der Waals surface area contributed by atoms with Gasteiger partial charge in [0, 0.05) is 47.9 Å². The number of fused-ring (bicyclic) bond motifs is 9. The normalized spacial score (nSPS) is 11.7. The van der Waals surface area contributed by atoms with Crippen LogP contribution in [0.1, 0.15) is 0 Å². The molecule has 13 aromatic rings. The Morgan fingerprint density at radius 2 is 0.815 bits per heavy atom. The molecule has 0 bridgehead atoms. The topological polar surface area (TPSA) is 16.4 Å². The van der Waals surface area contributed by atoms with Crippen LogP contribution in [0.3, 0.4) is 0 Å². The number of furan rings is 1. The summed E-state index contributed by atoms with van der Waals surface area (Å²) < 4.78 is 9.66. The maximum atomic E-state index is 7.02. The average Bonchev–Trinajstić information content (AvgIpc) is 3.97. The Bertz CT molecular complexity index is 3920. The van der Waals surface area contributed by atoms with Crippen LogP contribution in [0.5, 0.6) is 0 Å². The van der Waals surface area contributed by atoms with E-state index in [0.717, 1.165) is 55.7 Å². The van der Waals surface area contributed by atoms with E-state index in [9.17, 15) is 0 Å². The maximum absolute atomic E-state index is 7.02. The predicted molar refractivity (Wildman–Crippen MR) is 278 cm³/mol. The van der Waals surface area contributed by atoms with Gasteiger partial charge in [-0.05, 0) is 109 Å². The third-order valence-electron chi connectivity index (χ3n) is 13.1. The van der Waals surface area contributed by atoms with E-state index in [2.05, 4.69) is 241 Å². The highest BCUT2D eigenvalue weighted by Gasteiger charge is 2.21. The van der Waals surface area contributed by atoms with Crippen LogP contribution in [0.25, 0.3) is 108 Å². The van der Waals surface area contributed by atoms with Crippen molar-refractivity contribution in [2.24, 2.45) is 0 Å². The predicted octanol–water partition coefficient (Wildman–Crippen LogP) is 18.4. The SMILES string of the molecule is c1ccc(-c2cccc3c2oc2c(N(c4ccc(-c5ccc(-c6cccc7sc8ccccc8c67)cc5)cc4)c4ccc(-c5cc6ccccc6c6ccccc56)cc4)cccc23)cc1. The zero-order valence-electron chi connectivity index (χ0n) is 35.3. The molecule has 0 aliphatic carbocycles. The molecule has 0 spiro atoms. The molecule has 0 aliphatic heterocycles.